The van der Waals surface area contributed by atoms with Crippen LogP contribution in [0.3, 0.4) is 0 Å². The van der Waals surface area contributed by atoms with E-state index >= 15 is 0 Å². The number of nitrogens with zero attached hydrogens (tertiary/aromatic N) is 2. The van der Waals surface area contributed by atoms with Crippen LogP contribution in [0.15, 0.2) is 53.2 Å². The summed E-state index contributed by atoms with van der Waals surface area (Å²) in [5.74, 6) is -2.50. The van der Waals surface area contributed by atoms with Gasteiger partial charge in [0, 0.05) is 30.6 Å². The Hall–Kier alpha value is -5.01. The smallest absolute Gasteiger partial charge is 0.371 e. The minimum absolute atomic E-state index is 0.00584. The van der Waals surface area contributed by atoms with Crippen molar-refractivity contribution in [3.05, 3.63) is 64.9 Å². The summed E-state index contributed by atoms with van der Waals surface area (Å²) >= 11 is 0. The van der Waals surface area contributed by atoms with Gasteiger partial charge in [-0.1, -0.05) is 6.07 Å². The number of hydrazine groups is 1. The summed E-state index contributed by atoms with van der Waals surface area (Å²) in [5, 5.41) is 12.6. The number of benzene rings is 2. The van der Waals surface area contributed by atoms with Gasteiger partial charge in [0.05, 0.1) is 39.8 Å². The molecule has 2 aromatic carbocycles. The lowest BCUT2D eigenvalue weighted by molar-refractivity contribution is -0.137. The highest BCUT2D eigenvalue weighted by atomic mass is 19.4. The summed E-state index contributed by atoms with van der Waals surface area (Å²) < 4.78 is 40.3. The monoisotopic (exact) mass is 539 g/mol. The first-order valence-corrected chi connectivity index (χ1v) is 11.7. The average molecular weight is 539 g/mol. The topological polar surface area (TPSA) is 156 Å². The van der Waals surface area contributed by atoms with E-state index in [0.29, 0.717) is 5.69 Å². The fourth-order valence-electron chi connectivity index (χ4n) is 4.53. The van der Waals surface area contributed by atoms with Crippen molar-refractivity contribution in [3.63, 3.8) is 0 Å². The number of imide groups is 2. The van der Waals surface area contributed by atoms with E-state index in [1.807, 2.05) is 0 Å². The number of hydrogen-bond acceptors (Lipinski definition) is 9. The predicted molar refractivity (Wildman–Crippen MR) is 134 cm³/mol. The van der Waals surface area contributed by atoms with Crippen LogP contribution in [-0.2, 0) is 15.8 Å². The van der Waals surface area contributed by atoms with E-state index in [1.165, 1.54) is 42.7 Å². The van der Waals surface area contributed by atoms with Crippen LogP contribution in [0.5, 0.6) is 0 Å². The van der Waals surface area contributed by atoms with Gasteiger partial charge in [0.2, 0.25) is 11.8 Å². The van der Waals surface area contributed by atoms with Crippen molar-refractivity contribution >= 4 is 53.1 Å². The lowest BCUT2D eigenvalue weighted by Gasteiger charge is -2.27. The molecule has 2 atom stereocenters. The van der Waals surface area contributed by atoms with Gasteiger partial charge in [-0.25, -0.2) is 0 Å². The molecule has 0 aliphatic carbocycles. The van der Waals surface area contributed by atoms with Crippen LogP contribution >= 0.6 is 0 Å². The number of aliphatic imine (C=N–C) groups is 1. The zero-order valence-electron chi connectivity index (χ0n) is 19.9. The highest BCUT2D eigenvalue weighted by Gasteiger charge is 2.44. The molecule has 3 aliphatic heterocycles. The fourth-order valence-corrected chi connectivity index (χ4v) is 4.53. The molecule has 2 unspecified atom stereocenters. The van der Waals surface area contributed by atoms with E-state index in [4.69, 9.17) is 5.41 Å². The van der Waals surface area contributed by atoms with Gasteiger partial charge in [0.25, 0.3) is 11.8 Å². The van der Waals surface area contributed by atoms with E-state index in [0.717, 1.165) is 17.2 Å². The molecule has 14 heteroatoms. The molecule has 5 N–H and O–H groups in total. The third kappa shape index (κ3) is 4.71. The Kier molecular flexibility index (Phi) is 6.38. The van der Waals surface area contributed by atoms with Crippen LogP contribution < -0.4 is 21.5 Å². The van der Waals surface area contributed by atoms with Crippen LogP contribution in [0, 0.1) is 5.41 Å². The summed E-state index contributed by atoms with van der Waals surface area (Å²) in [6, 6.07) is 6.05. The molecule has 11 nitrogen and oxygen atoms in total. The lowest BCUT2D eigenvalue weighted by atomic mass is 10.0. The molecular weight excluding hydrogens is 519 g/mol. The summed E-state index contributed by atoms with van der Waals surface area (Å²) in [6.45, 7) is 0. The Morgan fingerprint density at radius 1 is 1.10 bits per heavy atom. The first kappa shape index (κ1) is 25.6. The number of carbonyl (C=O) groups excluding carboxylic acids is 4. The number of fused-ring (bicyclic) bond motifs is 2. The highest BCUT2D eigenvalue weighted by Crippen LogP contribution is 2.41. The van der Waals surface area contributed by atoms with Crippen molar-refractivity contribution in [2.45, 2.75) is 31.1 Å². The van der Waals surface area contributed by atoms with Crippen LogP contribution in [0.4, 0.5) is 30.2 Å². The second-order valence-corrected chi connectivity index (χ2v) is 8.86. The molecule has 3 heterocycles. The third-order valence-electron chi connectivity index (χ3n) is 6.43. The molecule has 1 saturated heterocycles. The number of alkyl halides is 3. The van der Waals surface area contributed by atoms with Crippen molar-refractivity contribution in [3.8, 4) is 0 Å². The lowest BCUT2D eigenvalue weighted by Crippen LogP contribution is -2.54. The molecule has 4 amide bonds. The number of rotatable bonds is 6. The van der Waals surface area contributed by atoms with Crippen molar-refractivity contribution in [1.29, 1.82) is 5.41 Å². The number of hydrogen-bond donors (Lipinski definition) is 5. The van der Waals surface area contributed by atoms with Gasteiger partial charge in [-0.15, -0.1) is 0 Å². The van der Waals surface area contributed by atoms with Gasteiger partial charge >= 0.3 is 6.18 Å². The van der Waals surface area contributed by atoms with E-state index in [2.05, 4.69) is 26.5 Å². The summed E-state index contributed by atoms with van der Waals surface area (Å²) in [5.41, 5.74) is 5.33. The Labute approximate surface area is 218 Å². The molecule has 0 bridgehead atoms. The number of anilines is 2. The SMILES string of the molecule is N=C/C(=C\NNc1ccc2c(c1)C(=O)N(C1CCC(=O)NC1=O)C2=O)C1C=Nc2cccc(C(F)(F)F)c2N1. The van der Waals surface area contributed by atoms with E-state index < -0.39 is 47.5 Å². The molecule has 1 fully saturated rings. The Morgan fingerprint density at radius 3 is 2.59 bits per heavy atom. The summed E-state index contributed by atoms with van der Waals surface area (Å²) in [4.78, 5) is 54.4. The molecule has 0 aromatic heterocycles. The fraction of sp³-hybridized carbons (Fsp3) is 0.200. The van der Waals surface area contributed by atoms with Gasteiger partial charge in [0.15, 0.2) is 0 Å². The van der Waals surface area contributed by atoms with E-state index in [-0.39, 0.29) is 40.9 Å². The molecular formula is C25H20F3N7O4. The Morgan fingerprint density at radius 2 is 1.87 bits per heavy atom. The Bertz CT molecular complexity index is 1480. The molecule has 200 valence electrons. The van der Waals surface area contributed by atoms with Gasteiger partial charge in [0.1, 0.15) is 6.04 Å². The van der Waals surface area contributed by atoms with Crippen LogP contribution in [0.25, 0.3) is 0 Å². The van der Waals surface area contributed by atoms with E-state index in [9.17, 15) is 32.3 Å². The van der Waals surface area contributed by atoms with Gasteiger partial charge in [-0.2, -0.15) is 13.2 Å². The largest absolute Gasteiger partial charge is 0.418 e. The Balaban J connectivity index is 1.29. The maximum atomic E-state index is 13.4. The van der Waals surface area contributed by atoms with Gasteiger partial charge < -0.3 is 21.6 Å². The zero-order valence-corrected chi connectivity index (χ0v) is 19.9. The van der Waals surface area contributed by atoms with Gasteiger partial charge in [-0.05, 0) is 36.8 Å². The second-order valence-electron chi connectivity index (χ2n) is 8.86. The first-order chi connectivity index (χ1) is 18.6. The average Bonchev–Trinajstić information content (AvgIpc) is 3.14. The highest BCUT2D eigenvalue weighted by molar-refractivity contribution is 6.23. The quantitative estimate of drug-likeness (QED) is 0.215. The number of para-hydroxylation sites is 1. The third-order valence-corrected chi connectivity index (χ3v) is 6.43. The van der Waals surface area contributed by atoms with Crippen molar-refractivity contribution in [2.75, 3.05) is 10.7 Å². The van der Waals surface area contributed by atoms with Crippen LogP contribution in [0.2, 0.25) is 0 Å². The summed E-state index contributed by atoms with van der Waals surface area (Å²) in [6.07, 6.45) is -0.885. The molecule has 0 saturated carbocycles. The van der Waals surface area contributed by atoms with Crippen LogP contribution in [-0.4, -0.2) is 53.0 Å². The number of nitrogens with one attached hydrogen (secondary N) is 5. The molecule has 3 aliphatic rings. The number of amides is 4. The standard InChI is InChI=1S/C25H20F3N7O4/c26-25(27,28)16-2-1-3-17-21(16)32-18(11-30-17)12(9-29)10-31-34-13-4-5-14-15(8-13)24(39)35(23(14)38)19-6-7-20(36)33-22(19)37/h1-5,8-11,18-19,29,31-32,34H,6-7H2,(H,33,36,37)/b12-10+,29-9?. The van der Waals surface area contributed by atoms with Crippen molar-refractivity contribution in [2.24, 2.45) is 4.99 Å². The molecule has 0 radical (unpaired) electrons. The van der Waals surface area contributed by atoms with Crippen molar-refractivity contribution < 1.29 is 32.3 Å². The maximum Gasteiger partial charge on any atom is 0.418 e. The van der Waals surface area contributed by atoms with Gasteiger partial charge in [-0.3, -0.25) is 34.4 Å². The predicted octanol–water partition coefficient (Wildman–Crippen LogP) is 2.75. The van der Waals surface area contributed by atoms with Crippen LogP contribution in [0.1, 0.15) is 39.1 Å². The summed E-state index contributed by atoms with van der Waals surface area (Å²) in [7, 11) is 0. The minimum Gasteiger partial charge on any atom is -0.371 e. The van der Waals surface area contributed by atoms with E-state index in [1.54, 1.807) is 0 Å². The number of carbonyl (C=O) groups is 4. The van der Waals surface area contributed by atoms with Crippen molar-refractivity contribution in [1.82, 2.24) is 15.6 Å². The molecule has 0 spiro atoms. The zero-order chi connectivity index (χ0) is 27.9. The number of halogens is 3. The molecule has 2 aromatic rings. The molecule has 5 rings (SSSR count). The second kappa shape index (κ2) is 9.70. The minimum atomic E-state index is -4.59. The number of piperidine rings is 1. The molecule has 39 heavy (non-hydrogen) atoms. The normalized spacial score (nSPS) is 20.7. The first-order valence-electron chi connectivity index (χ1n) is 11.7. The maximum absolute atomic E-state index is 13.4.